The molecule has 1 aromatic heterocycles. The third kappa shape index (κ3) is 5.22. The van der Waals surface area contributed by atoms with E-state index in [2.05, 4.69) is 15.6 Å². The number of rotatable bonds is 7. The maximum atomic E-state index is 12.6. The van der Waals surface area contributed by atoms with E-state index in [0.717, 1.165) is 31.6 Å². The summed E-state index contributed by atoms with van der Waals surface area (Å²) in [5.41, 5.74) is 0.847. The number of pyridine rings is 1. The molecule has 2 heterocycles. The summed E-state index contributed by atoms with van der Waals surface area (Å²) in [7, 11) is 1.71. The fourth-order valence-electron chi connectivity index (χ4n) is 4.42. The lowest BCUT2D eigenvalue weighted by Crippen LogP contribution is -2.50. The number of nitrogens with zero attached hydrogens (tertiary/aromatic N) is 2. The van der Waals surface area contributed by atoms with Crippen LogP contribution in [0.2, 0.25) is 0 Å². The van der Waals surface area contributed by atoms with Gasteiger partial charge in [-0.1, -0.05) is 13.8 Å². The van der Waals surface area contributed by atoms with Crippen LogP contribution in [0.1, 0.15) is 33.1 Å². The Labute approximate surface area is 167 Å². The minimum Gasteiger partial charge on any atom is -0.379 e. The second kappa shape index (κ2) is 9.37. The zero-order valence-electron chi connectivity index (χ0n) is 17.1. The number of carbonyl (C=O) groups excluding carboxylic acids is 2. The van der Waals surface area contributed by atoms with Crippen molar-refractivity contribution in [2.75, 3.05) is 32.1 Å². The van der Waals surface area contributed by atoms with Crippen molar-refractivity contribution < 1.29 is 14.3 Å². The summed E-state index contributed by atoms with van der Waals surface area (Å²) >= 11 is 0. The lowest BCUT2D eigenvalue weighted by atomic mass is 9.77. The highest BCUT2D eigenvalue weighted by atomic mass is 16.5. The van der Waals surface area contributed by atoms with Gasteiger partial charge in [0.15, 0.2) is 0 Å². The van der Waals surface area contributed by atoms with E-state index in [4.69, 9.17) is 4.74 Å². The van der Waals surface area contributed by atoms with Gasteiger partial charge in [-0.15, -0.1) is 0 Å². The molecule has 1 saturated heterocycles. The zero-order valence-corrected chi connectivity index (χ0v) is 17.1. The fraction of sp³-hybridized carbons (Fsp3) is 0.667. The molecular weight excluding hydrogens is 356 g/mol. The van der Waals surface area contributed by atoms with Gasteiger partial charge >= 0.3 is 0 Å². The van der Waals surface area contributed by atoms with Gasteiger partial charge in [0, 0.05) is 39.0 Å². The van der Waals surface area contributed by atoms with E-state index in [1.807, 2.05) is 30.9 Å². The van der Waals surface area contributed by atoms with E-state index in [9.17, 15) is 9.59 Å². The Bertz CT molecular complexity index is 667. The second-order valence-electron chi connectivity index (χ2n) is 8.43. The van der Waals surface area contributed by atoms with Gasteiger partial charge in [-0.05, 0) is 42.7 Å². The highest BCUT2D eigenvalue weighted by molar-refractivity contribution is 5.81. The zero-order chi connectivity index (χ0) is 20.1. The number of fused-ring (bicyclic) bond motifs is 1. The molecule has 2 aliphatic rings. The average molecular weight is 389 g/mol. The Balaban J connectivity index is 1.53. The van der Waals surface area contributed by atoms with Crippen molar-refractivity contribution in [1.82, 2.24) is 15.2 Å². The third-order valence-corrected chi connectivity index (χ3v) is 5.82. The van der Waals surface area contributed by atoms with Crippen LogP contribution >= 0.6 is 0 Å². The van der Waals surface area contributed by atoms with Crippen molar-refractivity contribution in [1.29, 1.82) is 0 Å². The van der Waals surface area contributed by atoms with Gasteiger partial charge in [0.1, 0.15) is 0 Å². The summed E-state index contributed by atoms with van der Waals surface area (Å²) in [5, 5.41) is 6.31. The van der Waals surface area contributed by atoms with E-state index in [1.165, 1.54) is 0 Å². The molecule has 2 amide bonds. The number of nitrogens with one attached hydrogen (secondary N) is 2. The van der Waals surface area contributed by atoms with Crippen LogP contribution in [0, 0.1) is 17.8 Å². The number of ether oxygens (including phenoxy) is 1. The molecule has 1 aliphatic heterocycles. The van der Waals surface area contributed by atoms with Gasteiger partial charge in [0.2, 0.25) is 11.8 Å². The minimum atomic E-state index is 0.0148. The number of anilines is 1. The molecule has 1 aromatic rings. The van der Waals surface area contributed by atoms with Crippen molar-refractivity contribution in [3.05, 3.63) is 24.5 Å². The smallest absolute Gasteiger partial charge is 0.241 e. The van der Waals surface area contributed by atoms with Crippen LogP contribution in [-0.2, 0) is 14.3 Å². The third-order valence-electron chi connectivity index (χ3n) is 5.82. The lowest BCUT2D eigenvalue weighted by molar-refractivity contribution is -0.128. The highest BCUT2D eigenvalue weighted by Gasteiger charge is 2.43. The molecule has 1 saturated carbocycles. The molecule has 3 rings (SSSR count). The molecule has 28 heavy (non-hydrogen) atoms. The van der Waals surface area contributed by atoms with Crippen LogP contribution in [0.25, 0.3) is 0 Å². The predicted octanol–water partition coefficient (Wildman–Crippen LogP) is 1.91. The van der Waals surface area contributed by atoms with E-state index in [1.54, 1.807) is 19.5 Å². The number of likely N-dealkylation sites (tertiary alicyclic amines) is 1. The SMILES string of the molecule is CO[C@H]1C[C@@H]2CN(C(=O)CNc3cccnc3)C[C@@H]2C[C@@H]1NC(=O)CC(C)C. The topological polar surface area (TPSA) is 83.6 Å². The molecule has 2 N–H and O–H groups in total. The molecular formula is C21H32N4O3. The van der Waals surface area contributed by atoms with Crippen LogP contribution in [-0.4, -0.2) is 60.6 Å². The van der Waals surface area contributed by atoms with Gasteiger partial charge < -0.3 is 20.3 Å². The van der Waals surface area contributed by atoms with Crippen LogP contribution in [0.15, 0.2) is 24.5 Å². The van der Waals surface area contributed by atoms with Crippen LogP contribution in [0.4, 0.5) is 5.69 Å². The van der Waals surface area contributed by atoms with Crippen molar-refractivity contribution in [3.63, 3.8) is 0 Å². The normalized spacial score (nSPS) is 26.8. The maximum absolute atomic E-state index is 12.6. The molecule has 0 bridgehead atoms. The molecule has 4 atom stereocenters. The standard InChI is InChI=1S/C21H32N4O3/c1-14(2)7-20(26)24-18-8-15-12-25(13-16(15)9-19(18)28-3)21(27)11-23-17-5-4-6-22-10-17/h4-6,10,14-16,18-19,23H,7-9,11-13H2,1-3H3,(H,24,26)/t15-,16+,18-,19-/m0/s1. The largest absolute Gasteiger partial charge is 0.379 e. The van der Waals surface area contributed by atoms with Gasteiger partial charge in [-0.2, -0.15) is 0 Å². The van der Waals surface area contributed by atoms with Crippen LogP contribution < -0.4 is 10.6 Å². The number of hydrogen-bond donors (Lipinski definition) is 2. The van der Waals surface area contributed by atoms with E-state index >= 15 is 0 Å². The highest BCUT2D eigenvalue weighted by Crippen LogP contribution is 2.37. The molecule has 7 heteroatoms. The molecule has 154 valence electrons. The summed E-state index contributed by atoms with van der Waals surface area (Å²) in [6, 6.07) is 3.77. The number of amides is 2. The van der Waals surface area contributed by atoms with E-state index in [-0.39, 0.29) is 30.5 Å². The first-order valence-electron chi connectivity index (χ1n) is 10.2. The van der Waals surface area contributed by atoms with Crippen molar-refractivity contribution >= 4 is 17.5 Å². The van der Waals surface area contributed by atoms with E-state index < -0.39 is 0 Å². The number of hydrogen-bond acceptors (Lipinski definition) is 5. The number of methoxy groups -OCH3 is 1. The quantitative estimate of drug-likeness (QED) is 0.745. The lowest BCUT2D eigenvalue weighted by Gasteiger charge is -2.37. The summed E-state index contributed by atoms with van der Waals surface area (Å²) in [4.78, 5) is 30.9. The predicted molar refractivity (Wildman–Crippen MR) is 108 cm³/mol. The molecule has 0 unspecified atom stereocenters. The molecule has 0 spiro atoms. The summed E-state index contributed by atoms with van der Waals surface area (Å²) in [6.45, 7) is 5.89. The average Bonchev–Trinajstić information content (AvgIpc) is 3.08. The van der Waals surface area contributed by atoms with Gasteiger partial charge in [0.05, 0.1) is 24.4 Å². The molecule has 0 aromatic carbocycles. The Hall–Kier alpha value is -2.15. The van der Waals surface area contributed by atoms with Gasteiger partial charge in [-0.3, -0.25) is 14.6 Å². The Morgan fingerprint density at radius 2 is 2.04 bits per heavy atom. The monoisotopic (exact) mass is 388 g/mol. The number of aromatic nitrogens is 1. The Kier molecular flexibility index (Phi) is 6.88. The van der Waals surface area contributed by atoms with Crippen LogP contribution in [0.3, 0.4) is 0 Å². The molecule has 0 radical (unpaired) electrons. The van der Waals surface area contributed by atoms with E-state index in [0.29, 0.717) is 24.2 Å². The first-order chi connectivity index (χ1) is 13.5. The first kappa shape index (κ1) is 20.6. The summed E-state index contributed by atoms with van der Waals surface area (Å²) in [6.07, 6.45) is 5.72. The van der Waals surface area contributed by atoms with Crippen molar-refractivity contribution in [2.45, 2.75) is 45.3 Å². The van der Waals surface area contributed by atoms with Gasteiger partial charge in [-0.25, -0.2) is 0 Å². The molecule has 2 fully saturated rings. The van der Waals surface area contributed by atoms with Crippen LogP contribution in [0.5, 0.6) is 0 Å². The first-order valence-corrected chi connectivity index (χ1v) is 10.2. The fourth-order valence-corrected chi connectivity index (χ4v) is 4.42. The summed E-state index contributed by atoms with van der Waals surface area (Å²) in [5.74, 6) is 1.38. The molecule has 7 nitrogen and oxygen atoms in total. The maximum Gasteiger partial charge on any atom is 0.241 e. The minimum absolute atomic E-state index is 0.0148. The Morgan fingerprint density at radius 1 is 1.29 bits per heavy atom. The Morgan fingerprint density at radius 3 is 2.68 bits per heavy atom. The van der Waals surface area contributed by atoms with Gasteiger partial charge in [0.25, 0.3) is 0 Å². The molecule has 1 aliphatic carbocycles. The second-order valence-corrected chi connectivity index (χ2v) is 8.43. The summed E-state index contributed by atoms with van der Waals surface area (Å²) < 4.78 is 5.68. The van der Waals surface area contributed by atoms with Crippen molar-refractivity contribution in [3.8, 4) is 0 Å². The number of carbonyl (C=O) groups is 2. The van der Waals surface area contributed by atoms with Crippen molar-refractivity contribution in [2.24, 2.45) is 17.8 Å².